The largest absolute Gasteiger partial charge is 0.462 e. The zero-order valence-corrected chi connectivity index (χ0v) is 23.4. The number of hydrogen-bond acceptors (Lipinski definition) is 2. The second-order valence-electron chi connectivity index (χ2n) is 15.8. The first-order valence-electron chi connectivity index (χ1n) is 14.6. The molecule has 5 fully saturated rings. The van der Waals surface area contributed by atoms with Gasteiger partial charge in [0.25, 0.3) is 0 Å². The molecule has 0 heterocycles. The Bertz CT molecular complexity index is 943. The molecular formula is C32H50O2. The van der Waals surface area contributed by atoms with Crippen LogP contribution in [0.1, 0.15) is 120 Å². The molecule has 6 rings (SSSR count). The Kier molecular flexibility index (Phi) is 4.68. The molecule has 0 aromatic carbocycles. The Labute approximate surface area is 209 Å². The molecule has 190 valence electrons. The van der Waals surface area contributed by atoms with E-state index in [1.54, 1.807) is 6.92 Å². The van der Waals surface area contributed by atoms with E-state index in [1.807, 2.05) is 5.57 Å². The number of carbonyl (C=O) groups excluding carboxylic acids is 1. The highest BCUT2D eigenvalue weighted by molar-refractivity contribution is 5.66. The Hall–Kier alpha value is -0.790. The highest BCUT2D eigenvalue weighted by Crippen LogP contribution is 2.89. The summed E-state index contributed by atoms with van der Waals surface area (Å²) in [5, 5.41) is 0. The summed E-state index contributed by atoms with van der Waals surface area (Å²) in [6, 6.07) is 0. The third-order valence-electron chi connectivity index (χ3n) is 13.8. The summed E-state index contributed by atoms with van der Waals surface area (Å²) in [6.45, 7) is 19.4. The maximum atomic E-state index is 11.9. The van der Waals surface area contributed by atoms with Gasteiger partial charge in [-0.15, -0.1) is 0 Å². The maximum absolute atomic E-state index is 11.9. The van der Waals surface area contributed by atoms with Gasteiger partial charge in [-0.05, 0) is 110 Å². The van der Waals surface area contributed by atoms with Gasteiger partial charge in [-0.2, -0.15) is 0 Å². The molecule has 5 saturated carbocycles. The van der Waals surface area contributed by atoms with Crippen LogP contribution in [-0.4, -0.2) is 12.1 Å². The lowest BCUT2D eigenvalue weighted by atomic mass is 9.41. The summed E-state index contributed by atoms with van der Waals surface area (Å²) >= 11 is 0. The normalized spacial score (nSPS) is 54.2. The van der Waals surface area contributed by atoms with E-state index >= 15 is 0 Å². The molecule has 0 radical (unpaired) electrons. The Morgan fingerprint density at radius 3 is 2.32 bits per heavy atom. The highest BCUT2D eigenvalue weighted by atomic mass is 16.5. The molecule has 9 atom stereocenters. The van der Waals surface area contributed by atoms with Gasteiger partial charge in [0, 0.05) is 17.8 Å². The van der Waals surface area contributed by atoms with Crippen LogP contribution in [0.25, 0.3) is 0 Å². The first kappa shape index (κ1) is 23.6. The van der Waals surface area contributed by atoms with E-state index in [0.29, 0.717) is 33.0 Å². The minimum absolute atomic E-state index is 0.0636. The minimum Gasteiger partial charge on any atom is -0.462 e. The van der Waals surface area contributed by atoms with Crippen molar-refractivity contribution in [3.63, 3.8) is 0 Å². The van der Waals surface area contributed by atoms with Gasteiger partial charge >= 0.3 is 5.97 Å². The second kappa shape index (κ2) is 6.74. The van der Waals surface area contributed by atoms with E-state index in [4.69, 9.17) is 4.74 Å². The monoisotopic (exact) mass is 466 g/mol. The summed E-state index contributed by atoms with van der Waals surface area (Å²) in [4.78, 5) is 11.9. The molecule has 0 aliphatic heterocycles. The van der Waals surface area contributed by atoms with Crippen LogP contribution in [0.5, 0.6) is 0 Å². The van der Waals surface area contributed by atoms with Gasteiger partial charge in [0.2, 0.25) is 0 Å². The number of rotatable bonds is 1. The number of esters is 1. The first-order valence-corrected chi connectivity index (χ1v) is 14.6. The van der Waals surface area contributed by atoms with E-state index in [-0.39, 0.29) is 17.5 Å². The Morgan fingerprint density at radius 1 is 0.912 bits per heavy atom. The number of hydrogen-bond donors (Lipinski definition) is 0. The number of ether oxygens (including phenoxy) is 1. The molecule has 2 spiro atoms. The lowest BCUT2D eigenvalue weighted by Gasteiger charge is -2.64. The zero-order valence-electron chi connectivity index (χ0n) is 23.4. The van der Waals surface area contributed by atoms with Crippen molar-refractivity contribution >= 4 is 5.97 Å². The third-order valence-corrected chi connectivity index (χ3v) is 13.8. The summed E-state index contributed by atoms with van der Waals surface area (Å²) in [5.41, 5.74) is 4.43. The molecular weight excluding hydrogens is 416 g/mol. The van der Waals surface area contributed by atoms with Crippen LogP contribution in [-0.2, 0) is 9.53 Å². The molecule has 2 nitrogen and oxygen atoms in total. The van der Waals surface area contributed by atoms with Crippen LogP contribution in [0.15, 0.2) is 11.6 Å². The average Bonchev–Trinajstić information content (AvgIpc) is 3.27. The van der Waals surface area contributed by atoms with Gasteiger partial charge in [-0.1, -0.05) is 60.1 Å². The standard InChI is InChI=1S/C32H50O2/c1-20-31-18-17-29(7)16-15-27(3,4)19-23(29)22(31)9-10-25-30(8)13-12-26(34-21(2)33)28(5,6)24(30)11-14-32(20,25)31/h9,20,23-26H,10-19H2,1-8H3/t20-,23-,24?,25?,26+,29-,30+,31-,32+/m1/s1. The fourth-order valence-corrected chi connectivity index (χ4v) is 12.1. The van der Waals surface area contributed by atoms with Crippen LogP contribution >= 0.6 is 0 Å². The topological polar surface area (TPSA) is 26.3 Å². The number of carbonyl (C=O) groups is 1. The van der Waals surface area contributed by atoms with Crippen molar-refractivity contribution in [2.75, 3.05) is 0 Å². The van der Waals surface area contributed by atoms with Gasteiger partial charge in [0.1, 0.15) is 6.10 Å². The van der Waals surface area contributed by atoms with E-state index < -0.39 is 0 Å². The fraction of sp³-hybridized carbons (Fsp3) is 0.906. The first-order chi connectivity index (χ1) is 15.7. The second-order valence-corrected chi connectivity index (χ2v) is 15.8. The fourth-order valence-electron chi connectivity index (χ4n) is 12.1. The third kappa shape index (κ3) is 2.62. The van der Waals surface area contributed by atoms with Crippen molar-refractivity contribution in [2.24, 2.45) is 56.2 Å². The van der Waals surface area contributed by atoms with Crippen LogP contribution in [0, 0.1) is 56.2 Å². The Balaban J connectivity index is 1.38. The smallest absolute Gasteiger partial charge is 0.302 e. The molecule has 0 saturated heterocycles. The van der Waals surface area contributed by atoms with Crippen molar-refractivity contribution < 1.29 is 9.53 Å². The van der Waals surface area contributed by atoms with Gasteiger partial charge in [-0.3, -0.25) is 4.79 Å². The van der Waals surface area contributed by atoms with Crippen molar-refractivity contribution in [3.05, 3.63) is 11.6 Å². The molecule has 0 N–H and O–H groups in total. The van der Waals surface area contributed by atoms with Gasteiger partial charge in [-0.25, -0.2) is 0 Å². The number of fused-ring (bicyclic) bond motifs is 4. The van der Waals surface area contributed by atoms with Crippen LogP contribution in [0.2, 0.25) is 0 Å². The molecule has 0 amide bonds. The summed E-state index contributed by atoms with van der Waals surface area (Å²) in [6.07, 6.45) is 16.3. The van der Waals surface area contributed by atoms with E-state index in [9.17, 15) is 4.79 Å². The average molecular weight is 467 g/mol. The van der Waals surface area contributed by atoms with Crippen molar-refractivity contribution in [1.82, 2.24) is 0 Å². The molecule has 2 unspecified atom stereocenters. The van der Waals surface area contributed by atoms with Crippen LogP contribution in [0.4, 0.5) is 0 Å². The molecule has 2 heteroatoms. The summed E-state index contributed by atoms with van der Waals surface area (Å²) in [7, 11) is 0. The van der Waals surface area contributed by atoms with Crippen molar-refractivity contribution in [1.29, 1.82) is 0 Å². The van der Waals surface area contributed by atoms with Crippen LogP contribution in [0.3, 0.4) is 0 Å². The predicted molar refractivity (Wildman–Crippen MR) is 138 cm³/mol. The lowest BCUT2D eigenvalue weighted by molar-refractivity contribution is -0.188. The molecule has 34 heavy (non-hydrogen) atoms. The minimum atomic E-state index is -0.102. The quantitative estimate of drug-likeness (QED) is 0.287. The predicted octanol–water partition coefficient (Wildman–Crippen LogP) is 8.35. The van der Waals surface area contributed by atoms with Crippen molar-refractivity contribution in [2.45, 2.75) is 126 Å². The molecule has 0 aromatic rings. The lowest BCUT2D eigenvalue weighted by Crippen LogP contribution is -2.59. The molecule has 6 aliphatic carbocycles. The molecule has 0 aromatic heterocycles. The van der Waals surface area contributed by atoms with Crippen LogP contribution < -0.4 is 0 Å². The van der Waals surface area contributed by atoms with Gasteiger partial charge in [0.15, 0.2) is 0 Å². The van der Waals surface area contributed by atoms with E-state index in [1.165, 1.54) is 57.8 Å². The molecule has 0 bridgehead atoms. The van der Waals surface area contributed by atoms with E-state index in [0.717, 1.165) is 24.2 Å². The zero-order chi connectivity index (χ0) is 24.5. The van der Waals surface area contributed by atoms with Gasteiger partial charge < -0.3 is 4.74 Å². The summed E-state index contributed by atoms with van der Waals surface area (Å²) in [5.74, 6) is 3.01. The number of allylic oxidation sites excluding steroid dienone is 2. The Morgan fingerprint density at radius 2 is 1.62 bits per heavy atom. The maximum Gasteiger partial charge on any atom is 0.302 e. The van der Waals surface area contributed by atoms with Gasteiger partial charge in [0.05, 0.1) is 0 Å². The summed E-state index contributed by atoms with van der Waals surface area (Å²) < 4.78 is 5.92. The van der Waals surface area contributed by atoms with E-state index in [2.05, 4.69) is 54.5 Å². The molecule has 6 aliphatic rings. The SMILES string of the molecule is CC(=O)O[C@H]1CC[C@@]2(C)C(CC[C@]34C2CC=C2[C@H]5CC(C)(C)CC[C@]5(C)CC[C@@]23[C@H]4C)C1(C)C. The van der Waals surface area contributed by atoms with Crippen molar-refractivity contribution in [3.8, 4) is 0 Å². The highest BCUT2D eigenvalue weighted by Gasteiger charge is 2.83.